The molecule has 6 nitrogen and oxygen atoms in total. The fourth-order valence-electron chi connectivity index (χ4n) is 2.66. The van der Waals surface area contributed by atoms with Gasteiger partial charge in [0.1, 0.15) is 0 Å². The molecule has 1 aliphatic rings. The van der Waals surface area contributed by atoms with Gasteiger partial charge in [-0.15, -0.1) is 0 Å². The lowest BCUT2D eigenvalue weighted by atomic mass is 9.84. The molecule has 0 saturated heterocycles. The Bertz CT molecular complexity index is 753. The zero-order valence-electron chi connectivity index (χ0n) is 11.5. The lowest BCUT2D eigenvalue weighted by Crippen LogP contribution is -2.41. The minimum absolute atomic E-state index is 0.222. The number of carbonyl (C=O) groups excluding carboxylic acids is 1. The summed E-state index contributed by atoms with van der Waals surface area (Å²) >= 11 is 0. The minimum atomic E-state index is -1.39. The van der Waals surface area contributed by atoms with Gasteiger partial charge in [-0.2, -0.15) is 5.10 Å². The number of nitrogens with one attached hydrogen (secondary N) is 2. The summed E-state index contributed by atoms with van der Waals surface area (Å²) in [5.41, 5.74) is 0.947. The normalized spacial score (nSPS) is 16.2. The van der Waals surface area contributed by atoms with E-state index in [1.54, 1.807) is 24.4 Å². The van der Waals surface area contributed by atoms with Crippen LogP contribution >= 0.6 is 0 Å². The van der Waals surface area contributed by atoms with Crippen LogP contribution in [0, 0.1) is 12.3 Å². The molecule has 0 saturated carbocycles. The summed E-state index contributed by atoms with van der Waals surface area (Å²) in [4.78, 5) is 23.9. The third-order valence-electron chi connectivity index (χ3n) is 3.97. The second-order valence-electron chi connectivity index (χ2n) is 5.35. The van der Waals surface area contributed by atoms with E-state index in [2.05, 4.69) is 15.5 Å². The maximum Gasteiger partial charge on any atom is 0.319 e. The van der Waals surface area contributed by atoms with Gasteiger partial charge in [-0.1, -0.05) is 12.2 Å². The lowest BCUT2D eigenvalue weighted by molar-refractivity contribution is -0.153. The smallest absolute Gasteiger partial charge is 0.319 e. The number of carbonyl (C=O) groups is 2. The first kappa shape index (κ1) is 13.4. The van der Waals surface area contributed by atoms with Crippen LogP contribution in [0.15, 0.2) is 30.5 Å². The van der Waals surface area contributed by atoms with Crippen molar-refractivity contribution in [3.8, 4) is 0 Å². The van der Waals surface area contributed by atoms with Crippen LogP contribution in [0.5, 0.6) is 0 Å². The van der Waals surface area contributed by atoms with Gasteiger partial charge in [-0.3, -0.25) is 14.7 Å². The molecule has 0 radical (unpaired) electrons. The number of carboxylic acids is 1. The number of aromatic nitrogens is 2. The molecule has 108 valence electrons. The maximum absolute atomic E-state index is 12.4. The fourth-order valence-corrected chi connectivity index (χ4v) is 2.66. The second-order valence-corrected chi connectivity index (χ2v) is 5.35. The number of allylic oxidation sites excluding steroid dienone is 2. The van der Waals surface area contributed by atoms with Gasteiger partial charge in [0.05, 0.1) is 11.7 Å². The van der Waals surface area contributed by atoms with Crippen molar-refractivity contribution in [2.24, 2.45) is 5.41 Å². The van der Waals surface area contributed by atoms with E-state index in [9.17, 15) is 14.7 Å². The van der Waals surface area contributed by atoms with Gasteiger partial charge < -0.3 is 10.4 Å². The van der Waals surface area contributed by atoms with Crippen molar-refractivity contribution in [3.05, 3.63) is 36.0 Å². The number of aryl methyl sites for hydroxylation is 1. The highest BCUT2D eigenvalue weighted by atomic mass is 16.4. The minimum Gasteiger partial charge on any atom is -0.480 e. The number of carboxylic acid groups (broad SMARTS) is 1. The molecular weight excluding hydrogens is 270 g/mol. The summed E-state index contributed by atoms with van der Waals surface area (Å²) in [6.45, 7) is 1.91. The van der Waals surface area contributed by atoms with Crippen molar-refractivity contribution in [2.75, 3.05) is 5.32 Å². The van der Waals surface area contributed by atoms with Crippen molar-refractivity contribution in [2.45, 2.75) is 19.8 Å². The Balaban J connectivity index is 1.90. The number of aliphatic carboxylic acids is 1. The van der Waals surface area contributed by atoms with Gasteiger partial charge in [-0.25, -0.2) is 0 Å². The Morgan fingerprint density at radius 1 is 1.33 bits per heavy atom. The predicted molar refractivity (Wildman–Crippen MR) is 77.9 cm³/mol. The quantitative estimate of drug-likeness (QED) is 0.595. The van der Waals surface area contributed by atoms with E-state index < -0.39 is 17.3 Å². The van der Waals surface area contributed by atoms with Crippen LogP contribution in [-0.2, 0) is 9.59 Å². The fraction of sp³-hybridized carbons (Fsp3) is 0.267. The van der Waals surface area contributed by atoms with Crippen molar-refractivity contribution < 1.29 is 14.7 Å². The molecule has 1 aromatic heterocycles. The average molecular weight is 285 g/mol. The zero-order valence-corrected chi connectivity index (χ0v) is 11.5. The third kappa shape index (κ3) is 2.08. The van der Waals surface area contributed by atoms with E-state index in [0.29, 0.717) is 5.69 Å². The standard InChI is InChI=1S/C15H15N3O3/c1-9-6-10(7-12-11(9)8-16-18-12)17-13(19)15(14(20)21)4-2-3-5-15/h2-3,6-8H,4-5H2,1H3,(H,16,18)(H,17,19)(H,20,21). The summed E-state index contributed by atoms with van der Waals surface area (Å²) in [5.74, 6) is -1.58. The van der Waals surface area contributed by atoms with Gasteiger partial charge in [0.2, 0.25) is 5.91 Å². The molecule has 21 heavy (non-hydrogen) atoms. The number of H-pyrrole nitrogens is 1. The SMILES string of the molecule is Cc1cc(NC(=O)C2(C(=O)O)CC=CC2)cc2[nH]ncc12. The van der Waals surface area contributed by atoms with E-state index in [1.165, 1.54) is 0 Å². The molecule has 0 unspecified atom stereocenters. The van der Waals surface area contributed by atoms with Crippen LogP contribution in [0.3, 0.4) is 0 Å². The Hall–Kier alpha value is -2.63. The van der Waals surface area contributed by atoms with E-state index in [4.69, 9.17) is 0 Å². The first-order valence-electron chi connectivity index (χ1n) is 6.66. The molecule has 0 atom stereocenters. The Morgan fingerprint density at radius 2 is 2.05 bits per heavy atom. The second kappa shape index (κ2) is 4.73. The van der Waals surface area contributed by atoms with Gasteiger partial charge in [0.15, 0.2) is 5.41 Å². The number of hydrogen-bond donors (Lipinski definition) is 3. The topological polar surface area (TPSA) is 95.1 Å². The van der Waals surface area contributed by atoms with E-state index in [1.807, 2.05) is 13.0 Å². The Morgan fingerprint density at radius 3 is 2.71 bits per heavy atom. The highest BCUT2D eigenvalue weighted by Crippen LogP contribution is 2.35. The molecule has 0 aliphatic heterocycles. The summed E-state index contributed by atoms with van der Waals surface area (Å²) in [7, 11) is 0. The molecule has 3 N–H and O–H groups in total. The van der Waals surface area contributed by atoms with Crippen molar-refractivity contribution in [3.63, 3.8) is 0 Å². The van der Waals surface area contributed by atoms with Crippen molar-refractivity contribution in [1.29, 1.82) is 0 Å². The molecule has 1 heterocycles. The summed E-state index contributed by atoms with van der Waals surface area (Å²) < 4.78 is 0. The van der Waals surface area contributed by atoms with Crippen LogP contribution in [-0.4, -0.2) is 27.2 Å². The molecule has 2 aromatic rings. The Kier molecular flexibility index (Phi) is 3.01. The summed E-state index contributed by atoms with van der Waals surface area (Å²) in [6.07, 6.45) is 5.63. The lowest BCUT2D eigenvalue weighted by Gasteiger charge is -2.22. The van der Waals surface area contributed by atoms with Gasteiger partial charge in [0.25, 0.3) is 0 Å². The number of rotatable bonds is 3. The largest absolute Gasteiger partial charge is 0.480 e. The number of anilines is 1. The highest BCUT2D eigenvalue weighted by molar-refractivity contribution is 6.09. The van der Waals surface area contributed by atoms with Crippen LogP contribution < -0.4 is 5.32 Å². The molecule has 1 aliphatic carbocycles. The number of aromatic amines is 1. The van der Waals surface area contributed by atoms with Crippen molar-refractivity contribution >= 4 is 28.5 Å². The summed E-state index contributed by atoms with van der Waals surface area (Å²) in [5, 5.41) is 19.9. The van der Waals surface area contributed by atoms with Crippen LogP contribution in [0.25, 0.3) is 10.9 Å². The van der Waals surface area contributed by atoms with E-state index in [-0.39, 0.29) is 12.8 Å². The first-order chi connectivity index (χ1) is 10.0. The van der Waals surface area contributed by atoms with E-state index in [0.717, 1.165) is 16.5 Å². The molecule has 3 rings (SSSR count). The Labute approximate surface area is 120 Å². The monoisotopic (exact) mass is 285 g/mol. The molecule has 1 aromatic carbocycles. The first-order valence-corrected chi connectivity index (χ1v) is 6.66. The number of nitrogens with zero attached hydrogens (tertiary/aromatic N) is 1. The summed E-state index contributed by atoms with van der Waals surface area (Å²) in [6, 6.07) is 3.57. The number of amides is 1. The van der Waals surface area contributed by atoms with E-state index >= 15 is 0 Å². The predicted octanol–water partition coefficient (Wildman–Crippen LogP) is 2.23. The zero-order chi connectivity index (χ0) is 15.0. The van der Waals surface area contributed by atoms with Crippen molar-refractivity contribution in [1.82, 2.24) is 10.2 Å². The molecule has 1 amide bonds. The van der Waals surface area contributed by atoms with Gasteiger partial charge in [0, 0.05) is 11.1 Å². The van der Waals surface area contributed by atoms with Crippen LogP contribution in [0.1, 0.15) is 18.4 Å². The molecule has 6 heteroatoms. The number of fused-ring (bicyclic) bond motifs is 1. The molecule has 0 bridgehead atoms. The third-order valence-corrected chi connectivity index (χ3v) is 3.97. The molecular formula is C15H15N3O3. The number of benzene rings is 1. The van der Waals surface area contributed by atoms with Crippen LogP contribution in [0.4, 0.5) is 5.69 Å². The van der Waals surface area contributed by atoms with Gasteiger partial charge >= 0.3 is 5.97 Å². The number of hydrogen-bond acceptors (Lipinski definition) is 3. The highest BCUT2D eigenvalue weighted by Gasteiger charge is 2.46. The molecule has 0 spiro atoms. The molecule has 0 fully saturated rings. The average Bonchev–Trinajstić information content (AvgIpc) is 3.08. The van der Waals surface area contributed by atoms with Crippen LogP contribution in [0.2, 0.25) is 0 Å². The van der Waals surface area contributed by atoms with Gasteiger partial charge in [-0.05, 0) is 37.5 Å². The maximum atomic E-state index is 12.4.